The average Bonchev–Trinajstić information content (AvgIpc) is 3.20. The van der Waals surface area contributed by atoms with Crippen LogP contribution in [0.1, 0.15) is 30.8 Å². The maximum Gasteiger partial charge on any atom is 0.266 e. The third kappa shape index (κ3) is 3.12. The zero-order valence-electron chi connectivity index (χ0n) is 14.4. The average molecular weight is 342 g/mol. The summed E-state index contributed by atoms with van der Waals surface area (Å²) in [5.41, 5.74) is 0.698. The molecule has 4 rings (SSSR count). The van der Waals surface area contributed by atoms with Crippen molar-refractivity contribution in [1.82, 2.24) is 0 Å². The number of fused-ring (bicyclic) bond motifs is 1. The number of carbonyl (C=O) groups excluding carboxylic acids is 1. The molecule has 0 bridgehead atoms. The molecule has 4 nitrogen and oxygen atoms in total. The first kappa shape index (κ1) is 16.2. The molecule has 1 aliphatic carbocycles. The van der Waals surface area contributed by atoms with Gasteiger partial charge >= 0.3 is 0 Å². The molecular weight excluding hydrogens is 324 g/mol. The lowest BCUT2D eigenvalue weighted by molar-refractivity contribution is -0.112. The Morgan fingerprint density at radius 1 is 1.19 bits per heavy atom. The summed E-state index contributed by atoms with van der Waals surface area (Å²) < 4.78 is 5.77. The van der Waals surface area contributed by atoms with Gasteiger partial charge in [0.1, 0.15) is 23.2 Å². The number of anilines is 1. The van der Waals surface area contributed by atoms with Gasteiger partial charge in [0.05, 0.1) is 0 Å². The van der Waals surface area contributed by atoms with E-state index in [2.05, 4.69) is 12.2 Å². The molecule has 0 spiro atoms. The Balaban J connectivity index is 1.57. The molecule has 0 saturated heterocycles. The van der Waals surface area contributed by atoms with Crippen molar-refractivity contribution in [2.24, 2.45) is 5.92 Å². The van der Waals surface area contributed by atoms with E-state index in [9.17, 15) is 10.1 Å². The number of benzene rings is 2. The minimum Gasteiger partial charge on any atom is -0.461 e. The first-order valence-corrected chi connectivity index (χ1v) is 8.66. The van der Waals surface area contributed by atoms with Crippen molar-refractivity contribution < 1.29 is 9.21 Å². The number of nitrogens with one attached hydrogen (secondary N) is 1. The lowest BCUT2D eigenvalue weighted by atomic mass is 10.1. The number of amides is 1. The van der Waals surface area contributed by atoms with Crippen LogP contribution in [0.2, 0.25) is 0 Å². The SMILES string of the molecule is CC1CC1c1ccc(/C=C(\C#N)C(=O)Nc2cccc3ccccc23)o1. The number of nitriles is 1. The van der Waals surface area contributed by atoms with Crippen LogP contribution in [-0.2, 0) is 4.79 Å². The van der Waals surface area contributed by atoms with Crippen molar-refractivity contribution in [2.75, 3.05) is 5.32 Å². The zero-order valence-corrected chi connectivity index (χ0v) is 14.4. The highest BCUT2D eigenvalue weighted by molar-refractivity contribution is 6.12. The van der Waals surface area contributed by atoms with Gasteiger partial charge < -0.3 is 9.73 Å². The van der Waals surface area contributed by atoms with Crippen molar-refractivity contribution >= 4 is 28.4 Å². The van der Waals surface area contributed by atoms with E-state index in [1.54, 1.807) is 0 Å². The van der Waals surface area contributed by atoms with E-state index in [4.69, 9.17) is 4.42 Å². The minimum absolute atomic E-state index is 0.0164. The zero-order chi connectivity index (χ0) is 18.1. The van der Waals surface area contributed by atoms with Crippen molar-refractivity contribution in [2.45, 2.75) is 19.3 Å². The lowest BCUT2D eigenvalue weighted by Gasteiger charge is -2.08. The Kier molecular flexibility index (Phi) is 4.06. The van der Waals surface area contributed by atoms with Crippen LogP contribution in [0, 0.1) is 17.2 Å². The second-order valence-corrected chi connectivity index (χ2v) is 6.71. The predicted octanol–water partition coefficient (Wildman–Crippen LogP) is 5.10. The summed E-state index contributed by atoms with van der Waals surface area (Å²) in [5.74, 6) is 2.12. The van der Waals surface area contributed by atoms with Crippen LogP contribution in [0.3, 0.4) is 0 Å². The van der Waals surface area contributed by atoms with Gasteiger partial charge in [-0.1, -0.05) is 43.3 Å². The van der Waals surface area contributed by atoms with Crippen LogP contribution in [0.15, 0.2) is 64.6 Å². The Hall–Kier alpha value is -3.32. The predicted molar refractivity (Wildman–Crippen MR) is 101 cm³/mol. The highest BCUT2D eigenvalue weighted by Crippen LogP contribution is 2.47. The maximum absolute atomic E-state index is 12.6. The maximum atomic E-state index is 12.6. The fourth-order valence-electron chi connectivity index (χ4n) is 3.18. The monoisotopic (exact) mass is 342 g/mol. The van der Waals surface area contributed by atoms with Gasteiger partial charge in [0.25, 0.3) is 5.91 Å². The van der Waals surface area contributed by atoms with Gasteiger partial charge in [-0.05, 0) is 35.9 Å². The minimum atomic E-state index is -0.443. The van der Waals surface area contributed by atoms with Gasteiger partial charge in [-0.25, -0.2) is 0 Å². The van der Waals surface area contributed by atoms with Crippen molar-refractivity contribution in [3.63, 3.8) is 0 Å². The smallest absolute Gasteiger partial charge is 0.266 e. The van der Waals surface area contributed by atoms with E-state index in [1.165, 1.54) is 6.08 Å². The number of nitrogens with zero attached hydrogens (tertiary/aromatic N) is 1. The molecule has 2 unspecified atom stereocenters. The fourth-order valence-corrected chi connectivity index (χ4v) is 3.18. The summed E-state index contributed by atoms with van der Waals surface area (Å²) in [6, 6.07) is 19.2. The Morgan fingerprint density at radius 2 is 1.96 bits per heavy atom. The topological polar surface area (TPSA) is 66.0 Å². The molecule has 1 N–H and O–H groups in total. The summed E-state index contributed by atoms with van der Waals surface area (Å²) in [6.07, 6.45) is 2.63. The lowest BCUT2D eigenvalue weighted by Crippen LogP contribution is -2.13. The molecule has 1 amide bonds. The van der Waals surface area contributed by atoms with Crippen LogP contribution >= 0.6 is 0 Å². The molecule has 1 fully saturated rings. The quantitative estimate of drug-likeness (QED) is 0.530. The molecule has 2 aromatic carbocycles. The summed E-state index contributed by atoms with van der Waals surface area (Å²) >= 11 is 0. The van der Waals surface area contributed by atoms with Crippen LogP contribution in [0.5, 0.6) is 0 Å². The number of carbonyl (C=O) groups is 1. The van der Waals surface area contributed by atoms with Crippen LogP contribution in [0.25, 0.3) is 16.8 Å². The molecule has 1 aromatic heterocycles. The highest BCUT2D eigenvalue weighted by Gasteiger charge is 2.36. The van der Waals surface area contributed by atoms with Gasteiger partial charge in [0.2, 0.25) is 0 Å². The number of rotatable bonds is 4. The normalized spacial score (nSPS) is 19.2. The highest BCUT2D eigenvalue weighted by atomic mass is 16.3. The molecule has 0 aliphatic heterocycles. The van der Waals surface area contributed by atoms with Gasteiger partial charge in [-0.3, -0.25) is 4.79 Å². The van der Waals surface area contributed by atoms with Gasteiger partial charge in [-0.2, -0.15) is 5.26 Å². The molecular formula is C22H18N2O2. The molecule has 1 saturated carbocycles. The number of hydrogen-bond acceptors (Lipinski definition) is 3. The van der Waals surface area contributed by atoms with E-state index >= 15 is 0 Å². The molecule has 128 valence electrons. The Bertz CT molecular complexity index is 1050. The van der Waals surface area contributed by atoms with Crippen molar-refractivity contribution in [3.05, 3.63) is 71.7 Å². The van der Waals surface area contributed by atoms with E-state index in [1.807, 2.05) is 60.7 Å². The fraction of sp³-hybridized carbons (Fsp3) is 0.182. The molecule has 26 heavy (non-hydrogen) atoms. The second-order valence-electron chi connectivity index (χ2n) is 6.71. The van der Waals surface area contributed by atoms with Crippen LogP contribution in [0.4, 0.5) is 5.69 Å². The summed E-state index contributed by atoms with van der Waals surface area (Å²) in [4.78, 5) is 12.6. The number of hydrogen-bond donors (Lipinski definition) is 1. The third-order valence-electron chi connectivity index (χ3n) is 4.81. The number of furan rings is 1. The van der Waals surface area contributed by atoms with Crippen molar-refractivity contribution in [1.29, 1.82) is 5.26 Å². The molecule has 2 atom stereocenters. The second kappa shape index (κ2) is 6.53. The first-order chi connectivity index (χ1) is 12.7. The molecule has 0 radical (unpaired) electrons. The summed E-state index contributed by atoms with van der Waals surface area (Å²) in [7, 11) is 0. The Labute approximate surface area is 151 Å². The molecule has 3 aromatic rings. The van der Waals surface area contributed by atoms with Crippen LogP contribution < -0.4 is 5.32 Å². The summed E-state index contributed by atoms with van der Waals surface area (Å²) in [5, 5.41) is 14.2. The van der Waals surface area contributed by atoms with E-state index in [0.717, 1.165) is 23.0 Å². The van der Waals surface area contributed by atoms with E-state index < -0.39 is 5.91 Å². The van der Waals surface area contributed by atoms with Gasteiger partial charge in [0, 0.05) is 23.1 Å². The molecule has 1 aliphatic rings. The van der Waals surface area contributed by atoms with E-state index in [0.29, 0.717) is 23.3 Å². The standard InChI is InChI=1S/C22H18N2O2/c1-14-11-19(14)21-10-9-17(26-21)12-16(13-23)22(25)24-20-8-4-6-15-5-2-3-7-18(15)20/h2-10,12,14,19H,11H2,1H3,(H,24,25)/b16-12+. The van der Waals surface area contributed by atoms with E-state index in [-0.39, 0.29) is 5.57 Å². The largest absolute Gasteiger partial charge is 0.461 e. The van der Waals surface area contributed by atoms with Gasteiger partial charge in [-0.15, -0.1) is 0 Å². The summed E-state index contributed by atoms with van der Waals surface area (Å²) in [6.45, 7) is 2.18. The van der Waals surface area contributed by atoms with Gasteiger partial charge in [0.15, 0.2) is 0 Å². The molecule has 1 heterocycles. The van der Waals surface area contributed by atoms with Crippen molar-refractivity contribution in [3.8, 4) is 6.07 Å². The van der Waals surface area contributed by atoms with Crippen LogP contribution in [-0.4, -0.2) is 5.91 Å². The Morgan fingerprint density at radius 3 is 2.73 bits per heavy atom. The molecule has 4 heteroatoms. The third-order valence-corrected chi connectivity index (χ3v) is 4.81. The first-order valence-electron chi connectivity index (χ1n) is 8.66.